The molecule has 3 aromatic rings. The van der Waals surface area contributed by atoms with Crippen molar-refractivity contribution in [1.82, 2.24) is 10.2 Å². The van der Waals surface area contributed by atoms with Gasteiger partial charge < -0.3 is 15.0 Å². The fraction of sp³-hybridized carbons (Fsp3) is 0.333. The van der Waals surface area contributed by atoms with Crippen LogP contribution < -0.4 is 14.4 Å². The lowest BCUT2D eigenvalue weighted by atomic mass is 10.0. The number of nitrogens with zero attached hydrogens (tertiary/aromatic N) is 2. The summed E-state index contributed by atoms with van der Waals surface area (Å²) >= 11 is 3.43. The summed E-state index contributed by atoms with van der Waals surface area (Å²) in [5.41, 5.74) is 1.42. The molecule has 1 atom stereocenters. The fourth-order valence-corrected chi connectivity index (χ4v) is 5.28. The molecule has 40 heavy (non-hydrogen) atoms. The minimum absolute atomic E-state index is 0.108. The molecule has 0 aliphatic heterocycles. The third-order valence-electron chi connectivity index (χ3n) is 6.06. The van der Waals surface area contributed by atoms with E-state index < -0.39 is 34.1 Å². The minimum Gasteiger partial charge on any atom is -0.497 e. The normalized spacial score (nSPS) is 12.3. The number of carbonyl (C=O) groups is 2. The molecule has 0 aromatic heterocycles. The summed E-state index contributed by atoms with van der Waals surface area (Å²) in [5, 5.41) is 3.01. The monoisotopic (exact) mass is 629 g/mol. The molecule has 0 aliphatic rings. The largest absolute Gasteiger partial charge is 0.497 e. The zero-order valence-corrected chi connectivity index (χ0v) is 25.8. The first-order valence-electron chi connectivity index (χ1n) is 12.8. The molecule has 0 fully saturated rings. The number of benzene rings is 3. The summed E-state index contributed by atoms with van der Waals surface area (Å²) in [5.74, 6) is -0.382. The topological polar surface area (TPSA) is 96.0 Å². The van der Waals surface area contributed by atoms with E-state index in [0.717, 1.165) is 26.2 Å². The molecule has 1 unspecified atom stereocenters. The third kappa shape index (κ3) is 9.09. The Morgan fingerprint density at radius 3 is 2.17 bits per heavy atom. The predicted octanol–water partition coefficient (Wildman–Crippen LogP) is 4.78. The van der Waals surface area contributed by atoms with Gasteiger partial charge in [-0.15, -0.1) is 0 Å². The standard InChI is InChI=1S/C30H36BrN3O5S/c1-30(2,3)32-29(36)27(18-22-10-7-6-8-11-22)33(20-23-14-16-24(31)17-15-23)28(35)21-34(40(5,37)38)25-12-9-13-26(19-25)39-4/h6-17,19,27H,18,20-21H2,1-5H3,(H,32,36). The average Bonchev–Trinajstić information content (AvgIpc) is 2.89. The first kappa shape index (κ1) is 31.2. The number of ether oxygens (including phenoxy) is 1. The Labute approximate surface area is 245 Å². The molecule has 8 nitrogen and oxygen atoms in total. The molecule has 3 aromatic carbocycles. The second-order valence-corrected chi connectivity index (χ2v) is 13.4. The molecule has 0 radical (unpaired) electrons. The maximum atomic E-state index is 14.1. The molecule has 10 heteroatoms. The number of carbonyl (C=O) groups excluding carboxylic acids is 2. The highest BCUT2D eigenvalue weighted by Gasteiger charge is 2.34. The summed E-state index contributed by atoms with van der Waals surface area (Å²) in [6.45, 7) is 5.24. The molecule has 3 rings (SSSR count). The first-order chi connectivity index (χ1) is 18.8. The second kappa shape index (κ2) is 13.3. The number of halogens is 1. The van der Waals surface area contributed by atoms with Crippen LogP contribution in [-0.4, -0.2) is 56.6 Å². The van der Waals surface area contributed by atoms with E-state index in [9.17, 15) is 18.0 Å². The van der Waals surface area contributed by atoms with E-state index in [1.807, 2.05) is 75.4 Å². The average molecular weight is 631 g/mol. The highest BCUT2D eigenvalue weighted by molar-refractivity contribution is 9.10. The lowest BCUT2D eigenvalue weighted by Crippen LogP contribution is -2.56. The number of hydrogen-bond acceptors (Lipinski definition) is 5. The minimum atomic E-state index is -3.86. The van der Waals surface area contributed by atoms with Gasteiger partial charge in [-0.1, -0.05) is 64.5 Å². The van der Waals surface area contributed by atoms with E-state index in [0.29, 0.717) is 5.75 Å². The van der Waals surface area contributed by atoms with Crippen molar-refractivity contribution in [2.45, 2.75) is 45.3 Å². The fourth-order valence-electron chi connectivity index (χ4n) is 4.17. The maximum Gasteiger partial charge on any atom is 0.244 e. The van der Waals surface area contributed by atoms with Gasteiger partial charge in [0.15, 0.2) is 0 Å². The van der Waals surface area contributed by atoms with Gasteiger partial charge in [0.2, 0.25) is 21.8 Å². The zero-order chi connectivity index (χ0) is 29.5. The van der Waals surface area contributed by atoms with E-state index in [1.165, 1.54) is 12.0 Å². The van der Waals surface area contributed by atoms with Crippen molar-refractivity contribution in [3.8, 4) is 5.75 Å². The molecule has 0 saturated carbocycles. The lowest BCUT2D eigenvalue weighted by molar-refractivity contribution is -0.140. The molecule has 2 amide bonds. The smallest absolute Gasteiger partial charge is 0.244 e. The van der Waals surface area contributed by atoms with Crippen molar-refractivity contribution in [2.75, 3.05) is 24.2 Å². The number of anilines is 1. The SMILES string of the molecule is COc1cccc(N(CC(=O)N(Cc2ccc(Br)cc2)C(Cc2ccccc2)C(=O)NC(C)(C)C)S(C)(=O)=O)c1. The van der Waals surface area contributed by atoms with Crippen molar-refractivity contribution >= 4 is 43.5 Å². The van der Waals surface area contributed by atoms with E-state index in [2.05, 4.69) is 21.2 Å². The zero-order valence-electron chi connectivity index (χ0n) is 23.4. The number of hydrogen-bond donors (Lipinski definition) is 1. The van der Waals surface area contributed by atoms with Gasteiger partial charge in [-0.25, -0.2) is 8.42 Å². The molecular formula is C30H36BrN3O5S. The van der Waals surface area contributed by atoms with Gasteiger partial charge in [0.05, 0.1) is 19.1 Å². The van der Waals surface area contributed by atoms with Gasteiger partial charge in [-0.05, 0) is 56.2 Å². The molecule has 0 spiro atoms. The Morgan fingerprint density at radius 2 is 1.60 bits per heavy atom. The van der Waals surface area contributed by atoms with Gasteiger partial charge in [0.25, 0.3) is 0 Å². The van der Waals surface area contributed by atoms with Gasteiger partial charge in [0.1, 0.15) is 18.3 Å². The molecule has 0 aliphatic carbocycles. The van der Waals surface area contributed by atoms with E-state index in [1.54, 1.807) is 24.3 Å². The van der Waals surface area contributed by atoms with Crippen LogP contribution in [0.15, 0.2) is 83.3 Å². The van der Waals surface area contributed by atoms with Crippen LogP contribution in [-0.2, 0) is 32.6 Å². The summed E-state index contributed by atoms with van der Waals surface area (Å²) in [6.07, 6.45) is 1.30. The number of amides is 2. The number of nitrogens with one attached hydrogen (secondary N) is 1. The number of sulfonamides is 1. The molecule has 0 heterocycles. The molecular weight excluding hydrogens is 594 g/mol. The highest BCUT2D eigenvalue weighted by Crippen LogP contribution is 2.24. The van der Waals surface area contributed by atoms with E-state index >= 15 is 0 Å². The Kier molecular flexibility index (Phi) is 10.4. The van der Waals surface area contributed by atoms with Crippen LogP contribution >= 0.6 is 15.9 Å². The summed E-state index contributed by atoms with van der Waals surface area (Å²) in [6, 6.07) is 22.5. The highest BCUT2D eigenvalue weighted by atomic mass is 79.9. The van der Waals surface area contributed by atoms with Crippen LogP contribution in [0.4, 0.5) is 5.69 Å². The Balaban J connectivity index is 2.07. The van der Waals surface area contributed by atoms with Crippen LogP contribution in [0.3, 0.4) is 0 Å². The first-order valence-corrected chi connectivity index (χ1v) is 15.4. The number of methoxy groups -OCH3 is 1. The second-order valence-electron chi connectivity index (χ2n) is 10.6. The summed E-state index contributed by atoms with van der Waals surface area (Å²) in [7, 11) is -2.38. The molecule has 214 valence electrons. The Hall–Kier alpha value is -3.37. The maximum absolute atomic E-state index is 14.1. The van der Waals surface area contributed by atoms with Gasteiger partial charge in [0, 0.05) is 29.0 Å². The van der Waals surface area contributed by atoms with Crippen LogP contribution in [0, 0.1) is 0 Å². The molecule has 1 N–H and O–H groups in total. The van der Waals surface area contributed by atoms with Gasteiger partial charge in [-0.3, -0.25) is 13.9 Å². The van der Waals surface area contributed by atoms with Gasteiger partial charge >= 0.3 is 0 Å². The van der Waals surface area contributed by atoms with Crippen molar-refractivity contribution in [2.24, 2.45) is 0 Å². The molecule has 0 saturated heterocycles. The van der Waals surface area contributed by atoms with Gasteiger partial charge in [-0.2, -0.15) is 0 Å². The predicted molar refractivity (Wildman–Crippen MR) is 162 cm³/mol. The number of rotatable bonds is 11. The van der Waals surface area contributed by atoms with Crippen molar-refractivity contribution in [3.63, 3.8) is 0 Å². The van der Waals surface area contributed by atoms with Crippen LogP contribution in [0.1, 0.15) is 31.9 Å². The van der Waals surface area contributed by atoms with E-state index in [-0.39, 0.29) is 24.6 Å². The van der Waals surface area contributed by atoms with Crippen LogP contribution in [0.5, 0.6) is 5.75 Å². The Morgan fingerprint density at radius 1 is 0.950 bits per heavy atom. The quantitative estimate of drug-likeness (QED) is 0.329. The van der Waals surface area contributed by atoms with Crippen LogP contribution in [0.2, 0.25) is 0 Å². The van der Waals surface area contributed by atoms with Crippen molar-refractivity contribution in [1.29, 1.82) is 0 Å². The Bertz CT molecular complexity index is 1410. The van der Waals surface area contributed by atoms with Crippen molar-refractivity contribution < 1.29 is 22.7 Å². The van der Waals surface area contributed by atoms with E-state index in [4.69, 9.17) is 4.74 Å². The van der Waals surface area contributed by atoms with Crippen molar-refractivity contribution in [3.05, 3.63) is 94.5 Å². The third-order valence-corrected chi connectivity index (χ3v) is 7.73. The lowest BCUT2D eigenvalue weighted by Gasteiger charge is -2.35. The molecule has 0 bridgehead atoms. The summed E-state index contributed by atoms with van der Waals surface area (Å²) in [4.78, 5) is 29.3. The van der Waals surface area contributed by atoms with Crippen LogP contribution in [0.25, 0.3) is 0 Å². The summed E-state index contributed by atoms with van der Waals surface area (Å²) < 4.78 is 33.0.